The number of hydrogen-bond donors (Lipinski definition) is 2. The van der Waals surface area contributed by atoms with E-state index in [1.165, 1.54) is 21.0 Å². The van der Waals surface area contributed by atoms with E-state index < -0.39 is 0 Å². The molecule has 3 heterocycles. The highest BCUT2D eigenvalue weighted by Gasteiger charge is 2.29. The van der Waals surface area contributed by atoms with Crippen molar-refractivity contribution in [3.05, 3.63) is 58.7 Å². The fourth-order valence-electron chi connectivity index (χ4n) is 4.36. The highest BCUT2D eigenvalue weighted by Crippen LogP contribution is 2.40. The zero-order valence-electron chi connectivity index (χ0n) is 19.7. The Bertz CT molecular complexity index is 1090. The summed E-state index contributed by atoms with van der Waals surface area (Å²) in [5.41, 5.74) is 3.19. The number of nitrogens with one attached hydrogen (secondary N) is 2. The highest BCUT2D eigenvalue weighted by molar-refractivity contribution is 7.15. The molecule has 8 heteroatoms. The van der Waals surface area contributed by atoms with Crippen LogP contribution in [-0.2, 0) is 13.0 Å². The van der Waals surface area contributed by atoms with Gasteiger partial charge in [-0.05, 0) is 49.2 Å². The van der Waals surface area contributed by atoms with Gasteiger partial charge in [-0.1, -0.05) is 13.8 Å². The minimum atomic E-state index is -0.266. The summed E-state index contributed by atoms with van der Waals surface area (Å²) in [6.07, 6.45) is 5.94. The maximum atomic E-state index is 13.1. The molecule has 1 aromatic carbocycles. The zero-order valence-corrected chi connectivity index (χ0v) is 20.5. The van der Waals surface area contributed by atoms with Gasteiger partial charge in [0.2, 0.25) is 0 Å². The molecule has 0 fully saturated rings. The number of carbonyl (C=O) groups excluding carboxylic acids is 1. The lowest BCUT2D eigenvalue weighted by Crippen LogP contribution is -2.34. The molecule has 0 saturated carbocycles. The summed E-state index contributed by atoms with van der Waals surface area (Å²) in [4.78, 5) is 16.9. The predicted octanol–water partition coefficient (Wildman–Crippen LogP) is 5.21. The maximum absolute atomic E-state index is 13.1. The van der Waals surface area contributed by atoms with Gasteiger partial charge >= 0.3 is 6.03 Å². The number of hydrogen-bond acceptors (Lipinski definition) is 5. The van der Waals surface area contributed by atoms with Crippen LogP contribution in [0.3, 0.4) is 0 Å². The fourth-order valence-corrected chi connectivity index (χ4v) is 5.78. The summed E-state index contributed by atoms with van der Waals surface area (Å²) >= 11 is 1.84. The number of thiophene rings is 1. The van der Waals surface area contributed by atoms with Gasteiger partial charge in [-0.15, -0.1) is 11.3 Å². The summed E-state index contributed by atoms with van der Waals surface area (Å²) in [7, 11) is 3.18. The van der Waals surface area contributed by atoms with Gasteiger partial charge in [0.05, 0.1) is 25.9 Å². The number of methoxy groups -OCH3 is 2. The smallest absolute Gasteiger partial charge is 0.319 e. The average molecular weight is 469 g/mol. The molecule has 0 unspecified atom stereocenters. The van der Waals surface area contributed by atoms with E-state index in [2.05, 4.69) is 46.3 Å². The number of likely N-dealkylation sites (N-methyl/N-ethyl adjacent to an activating group) is 1. The van der Waals surface area contributed by atoms with E-state index in [9.17, 15) is 4.79 Å². The molecule has 2 N–H and O–H groups in total. The van der Waals surface area contributed by atoms with Crippen LogP contribution in [0.5, 0.6) is 11.5 Å². The largest absolute Gasteiger partial charge is 0.497 e. The third-order valence-electron chi connectivity index (χ3n) is 6.16. The van der Waals surface area contributed by atoms with E-state index in [0.29, 0.717) is 17.2 Å². The number of rotatable bonds is 8. The quantitative estimate of drug-likeness (QED) is 0.476. The molecule has 1 aliphatic heterocycles. The van der Waals surface area contributed by atoms with Gasteiger partial charge in [0, 0.05) is 42.0 Å². The Balaban J connectivity index is 1.63. The minimum Gasteiger partial charge on any atom is -0.497 e. The van der Waals surface area contributed by atoms with E-state index in [-0.39, 0.29) is 12.1 Å². The summed E-state index contributed by atoms with van der Waals surface area (Å²) in [6, 6.07) is 9.05. The van der Waals surface area contributed by atoms with Gasteiger partial charge in [-0.25, -0.2) is 4.79 Å². The Hall–Kier alpha value is -2.97. The number of ether oxygens (including phenoxy) is 2. The molecule has 33 heavy (non-hydrogen) atoms. The number of amides is 2. The zero-order chi connectivity index (χ0) is 23.4. The molecule has 0 spiro atoms. The molecule has 7 nitrogen and oxygen atoms in total. The van der Waals surface area contributed by atoms with Crippen LogP contribution in [0.2, 0.25) is 0 Å². The third kappa shape index (κ3) is 4.86. The minimum absolute atomic E-state index is 0.104. The molecular formula is C25H32N4O3S. The number of benzene rings is 1. The molecule has 1 aliphatic rings. The van der Waals surface area contributed by atoms with Crippen LogP contribution >= 0.6 is 11.3 Å². The standard InChI is InChI=1S/C25H32N4O3S/c1-5-19(26-25(30)27-20-15-17(31-3)9-10-21(20)32-4)23-18-11-14-28(6-2)16-22(18)33-24(23)29-12-7-8-13-29/h7-10,12-13,15,19H,5-6,11,14,16H2,1-4H3,(H2,26,27,30)/t19-/m1/s1. The molecule has 0 bridgehead atoms. The van der Waals surface area contributed by atoms with Gasteiger partial charge in [-0.3, -0.25) is 4.90 Å². The van der Waals surface area contributed by atoms with Crippen molar-refractivity contribution in [3.63, 3.8) is 0 Å². The number of anilines is 1. The first-order valence-electron chi connectivity index (χ1n) is 11.4. The van der Waals surface area contributed by atoms with E-state index in [0.717, 1.165) is 32.5 Å². The van der Waals surface area contributed by atoms with Gasteiger partial charge in [0.1, 0.15) is 16.5 Å². The number of urea groups is 1. The monoisotopic (exact) mass is 468 g/mol. The average Bonchev–Trinajstić information content (AvgIpc) is 3.50. The second-order valence-electron chi connectivity index (χ2n) is 8.06. The Morgan fingerprint density at radius 2 is 1.97 bits per heavy atom. The van der Waals surface area contributed by atoms with Gasteiger partial charge in [0.25, 0.3) is 0 Å². The lowest BCUT2D eigenvalue weighted by atomic mass is 9.96. The number of carbonyl (C=O) groups is 1. The van der Waals surface area contributed by atoms with Gasteiger partial charge in [0.15, 0.2) is 0 Å². The fraction of sp³-hybridized carbons (Fsp3) is 0.400. The molecule has 3 aromatic rings. The highest BCUT2D eigenvalue weighted by atomic mass is 32.1. The maximum Gasteiger partial charge on any atom is 0.319 e. The Morgan fingerprint density at radius 1 is 1.18 bits per heavy atom. The van der Waals surface area contributed by atoms with Crippen molar-refractivity contribution >= 4 is 23.1 Å². The molecule has 0 radical (unpaired) electrons. The molecule has 2 amide bonds. The summed E-state index contributed by atoms with van der Waals surface area (Å²) < 4.78 is 12.9. The first-order valence-corrected chi connectivity index (χ1v) is 12.2. The first kappa shape index (κ1) is 23.2. The second-order valence-corrected chi connectivity index (χ2v) is 9.14. The van der Waals surface area contributed by atoms with Crippen molar-refractivity contribution in [2.75, 3.05) is 32.6 Å². The molecular weight excluding hydrogens is 436 g/mol. The van der Waals surface area contributed by atoms with Crippen LogP contribution in [0.1, 0.15) is 42.3 Å². The van der Waals surface area contributed by atoms with Crippen molar-refractivity contribution in [1.29, 1.82) is 0 Å². The van der Waals surface area contributed by atoms with Crippen molar-refractivity contribution in [2.45, 2.75) is 39.3 Å². The number of nitrogens with zero attached hydrogens (tertiary/aromatic N) is 2. The van der Waals surface area contributed by atoms with Crippen molar-refractivity contribution in [3.8, 4) is 16.5 Å². The predicted molar refractivity (Wildman–Crippen MR) is 133 cm³/mol. The van der Waals surface area contributed by atoms with E-state index in [1.54, 1.807) is 32.4 Å². The first-order chi connectivity index (χ1) is 16.1. The summed E-state index contributed by atoms with van der Waals surface area (Å²) in [5.74, 6) is 1.24. The van der Waals surface area contributed by atoms with Crippen LogP contribution in [0.4, 0.5) is 10.5 Å². The number of fused-ring (bicyclic) bond motifs is 1. The molecule has 2 aromatic heterocycles. The Labute approximate surface area is 199 Å². The normalized spacial score (nSPS) is 14.4. The SMILES string of the molecule is CC[C@@H](NC(=O)Nc1cc(OC)ccc1OC)c1c(-n2cccc2)sc2c1CCN(CC)C2. The van der Waals surface area contributed by atoms with Crippen molar-refractivity contribution < 1.29 is 14.3 Å². The molecule has 176 valence electrons. The molecule has 0 saturated heterocycles. The van der Waals surface area contributed by atoms with Crippen LogP contribution < -0.4 is 20.1 Å². The van der Waals surface area contributed by atoms with Gasteiger partial charge in [-0.2, -0.15) is 0 Å². The lowest BCUT2D eigenvalue weighted by Gasteiger charge is -2.27. The molecule has 1 atom stereocenters. The summed E-state index contributed by atoms with van der Waals surface area (Å²) in [6.45, 7) is 7.38. The molecule has 0 aliphatic carbocycles. The van der Waals surface area contributed by atoms with Crippen LogP contribution in [0, 0.1) is 0 Å². The third-order valence-corrected chi connectivity index (χ3v) is 7.41. The Morgan fingerprint density at radius 3 is 2.64 bits per heavy atom. The lowest BCUT2D eigenvalue weighted by molar-refractivity contribution is 0.247. The Kier molecular flexibility index (Phi) is 7.25. The number of aromatic nitrogens is 1. The van der Waals surface area contributed by atoms with Crippen LogP contribution in [-0.4, -0.2) is 42.8 Å². The summed E-state index contributed by atoms with van der Waals surface area (Å²) in [5, 5.41) is 7.35. The van der Waals surface area contributed by atoms with Crippen molar-refractivity contribution in [2.24, 2.45) is 0 Å². The van der Waals surface area contributed by atoms with Crippen LogP contribution in [0.25, 0.3) is 5.00 Å². The van der Waals surface area contributed by atoms with E-state index >= 15 is 0 Å². The van der Waals surface area contributed by atoms with E-state index in [4.69, 9.17) is 9.47 Å². The van der Waals surface area contributed by atoms with Crippen LogP contribution in [0.15, 0.2) is 42.7 Å². The second kappa shape index (κ2) is 10.3. The molecule has 4 rings (SSSR count). The van der Waals surface area contributed by atoms with Gasteiger partial charge < -0.3 is 24.7 Å². The van der Waals surface area contributed by atoms with Crippen molar-refractivity contribution in [1.82, 2.24) is 14.8 Å². The topological polar surface area (TPSA) is 67.8 Å². The van der Waals surface area contributed by atoms with E-state index in [1.807, 2.05) is 23.5 Å².